The lowest BCUT2D eigenvalue weighted by Crippen LogP contribution is -2.36. The molecule has 12 heteroatoms. The zero-order chi connectivity index (χ0) is 20.8. The van der Waals surface area contributed by atoms with Gasteiger partial charge in [0.25, 0.3) is 0 Å². The fourth-order valence-electron chi connectivity index (χ4n) is 2.23. The van der Waals surface area contributed by atoms with Gasteiger partial charge < -0.3 is 10.6 Å². The molecule has 0 saturated heterocycles. The molecule has 3 rings (SSSR count). The van der Waals surface area contributed by atoms with Gasteiger partial charge in [-0.3, -0.25) is 9.59 Å². The van der Waals surface area contributed by atoms with E-state index in [-0.39, 0.29) is 17.1 Å². The number of halogens is 1. The largest absolute Gasteiger partial charge is 0.303 e. The molecule has 29 heavy (non-hydrogen) atoms. The van der Waals surface area contributed by atoms with E-state index in [1.807, 2.05) is 31.2 Å². The summed E-state index contributed by atoms with van der Waals surface area (Å²) in [5.41, 5.74) is 1.87. The minimum atomic E-state index is -0.353. The van der Waals surface area contributed by atoms with Crippen molar-refractivity contribution in [3.8, 4) is 0 Å². The van der Waals surface area contributed by atoms with E-state index in [0.717, 1.165) is 15.7 Å². The van der Waals surface area contributed by atoms with Gasteiger partial charge in [-0.05, 0) is 24.1 Å². The molecule has 0 bridgehead atoms. The molecule has 0 fully saturated rings. The first kappa shape index (κ1) is 21.9. The van der Waals surface area contributed by atoms with Crippen molar-refractivity contribution in [1.29, 1.82) is 0 Å². The zero-order valence-corrected chi connectivity index (χ0v) is 19.5. The maximum atomic E-state index is 12.6. The van der Waals surface area contributed by atoms with E-state index in [1.165, 1.54) is 41.8 Å². The molecule has 0 aliphatic carbocycles. The van der Waals surface area contributed by atoms with Crippen molar-refractivity contribution in [1.82, 2.24) is 15.5 Å². The molecule has 0 saturated carbocycles. The lowest BCUT2D eigenvalue weighted by molar-refractivity contribution is -0.119. The third kappa shape index (κ3) is 6.36. The number of thioether (sulfide) groups is 2. The highest BCUT2D eigenvalue weighted by atomic mass is 79.9. The molecule has 2 amide bonds. The normalized spacial score (nSPS) is 14.6. The van der Waals surface area contributed by atoms with Gasteiger partial charge in [0.2, 0.25) is 16.9 Å². The van der Waals surface area contributed by atoms with Crippen LogP contribution < -0.4 is 10.6 Å². The molecule has 1 atom stereocenters. The van der Waals surface area contributed by atoms with Crippen LogP contribution in [0.5, 0.6) is 0 Å². The minimum absolute atomic E-state index is 0.165. The number of amidine groups is 1. The third-order valence-electron chi connectivity index (χ3n) is 3.61. The second-order valence-electron chi connectivity index (χ2n) is 5.81. The fourth-order valence-corrected chi connectivity index (χ4v) is 5.23. The Bertz CT molecular complexity index is 960. The summed E-state index contributed by atoms with van der Waals surface area (Å²) in [7, 11) is 0. The molecular weight excluding hydrogens is 496 g/mol. The molecular formula is C17H17BrN6O2S3. The van der Waals surface area contributed by atoms with E-state index in [1.54, 1.807) is 0 Å². The number of amides is 2. The molecule has 1 aliphatic rings. The van der Waals surface area contributed by atoms with Crippen molar-refractivity contribution >= 4 is 78.6 Å². The topological polar surface area (TPSA) is 109 Å². The fraction of sp³-hybridized carbons (Fsp3) is 0.294. The Balaban J connectivity index is 1.60. The van der Waals surface area contributed by atoms with Crippen LogP contribution in [0.4, 0.5) is 5.13 Å². The van der Waals surface area contributed by atoms with Gasteiger partial charge in [0.15, 0.2) is 9.51 Å². The summed E-state index contributed by atoms with van der Waals surface area (Å²) in [6, 6.07) is 7.86. The number of rotatable bonds is 6. The highest BCUT2D eigenvalue weighted by Gasteiger charge is 2.23. The summed E-state index contributed by atoms with van der Waals surface area (Å²) < 4.78 is 1.62. The van der Waals surface area contributed by atoms with Crippen LogP contribution in [0.1, 0.15) is 25.8 Å². The maximum absolute atomic E-state index is 12.6. The Labute approximate surface area is 188 Å². The first-order valence-corrected chi connectivity index (χ1v) is 12.0. The smallest absolute Gasteiger partial charge is 0.239 e. The third-order valence-corrected chi connectivity index (χ3v) is 7.30. The van der Waals surface area contributed by atoms with Gasteiger partial charge in [-0.25, -0.2) is 0 Å². The highest BCUT2D eigenvalue weighted by molar-refractivity contribution is 9.10. The van der Waals surface area contributed by atoms with E-state index in [0.29, 0.717) is 26.8 Å². The number of nitrogens with zero attached hydrogens (tertiary/aromatic N) is 4. The number of nitrogens with one attached hydrogen (secondary N) is 2. The molecule has 0 spiro atoms. The first-order valence-electron chi connectivity index (χ1n) is 8.56. The van der Waals surface area contributed by atoms with E-state index in [2.05, 4.69) is 47.0 Å². The molecule has 0 radical (unpaired) electrons. The molecule has 1 aliphatic heterocycles. The average Bonchev–Trinajstić information content (AvgIpc) is 3.13. The van der Waals surface area contributed by atoms with Crippen molar-refractivity contribution in [2.75, 3.05) is 11.1 Å². The number of anilines is 1. The molecule has 2 N–H and O–H groups in total. The van der Waals surface area contributed by atoms with Crippen molar-refractivity contribution < 1.29 is 9.59 Å². The van der Waals surface area contributed by atoms with Gasteiger partial charge in [0.05, 0.1) is 11.0 Å². The molecule has 2 aromatic rings. The summed E-state index contributed by atoms with van der Waals surface area (Å²) in [6.45, 7) is 3.33. The highest BCUT2D eigenvalue weighted by Crippen LogP contribution is 2.30. The summed E-state index contributed by atoms with van der Waals surface area (Å²) >= 11 is 7.40. The van der Waals surface area contributed by atoms with Crippen molar-refractivity contribution in [2.45, 2.75) is 29.9 Å². The summed E-state index contributed by atoms with van der Waals surface area (Å²) in [4.78, 5) is 23.7. The quantitative estimate of drug-likeness (QED) is 0.450. The molecule has 1 aromatic heterocycles. The SMILES string of the molecule is CCC(Sc1nnc(NC(C)=O)s1)C(=O)NC1=NN=C(c2ccc(Br)cc2)CS1. The van der Waals surface area contributed by atoms with Crippen LogP contribution in [0.25, 0.3) is 0 Å². The van der Waals surface area contributed by atoms with Gasteiger partial charge in [-0.1, -0.05) is 69.8 Å². The molecule has 8 nitrogen and oxygen atoms in total. The van der Waals surface area contributed by atoms with Crippen LogP contribution in [-0.2, 0) is 9.59 Å². The number of hydrogen-bond acceptors (Lipinski definition) is 9. The van der Waals surface area contributed by atoms with E-state index in [4.69, 9.17) is 0 Å². The van der Waals surface area contributed by atoms with Gasteiger partial charge in [-0.2, -0.15) is 5.10 Å². The monoisotopic (exact) mass is 512 g/mol. The summed E-state index contributed by atoms with van der Waals surface area (Å²) in [5, 5.41) is 22.3. The standard InChI is InChI=1S/C17H17BrN6O2S3/c1-3-13(28-17-24-23-16(29-17)19-9(2)25)14(26)20-15-22-21-12(8-27-15)10-4-6-11(18)7-5-10/h4-7,13H,3,8H2,1-2H3,(H,19,23,25)(H,20,22,26). The second kappa shape index (κ2) is 10.3. The van der Waals surface area contributed by atoms with Crippen LogP contribution in [0.15, 0.2) is 43.3 Å². The van der Waals surface area contributed by atoms with Crippen LogP contribution in [0.3, 0.4) is 0 Å². The van der Waals surface area contributed by atoms with Gasteiger partial charge in [0.1, 0.15) is 0 Å². The summed E-state index contributed by atoms with van der Waals surface area (Å²) in [6.07, 6.45) is 0.608. The zero-order valence-electron chi connectivity index (χ0n) is 15.5. The average molecular weight is 513 g/mol. The number of hydrogen-bond donors (Lipinski definition) is 2. The lowest BCUT2D eigenvalue weighted by Gasteiger charge is -2.16. The first-order chi connectivity index (χ1) is 13.9. The van der Waals surface area contributed by atoms with Crippen LogP contribution >= 0.6 is 50.8 Å². The molecule has 152 valence electrons. The molecule has 1 unspecified atom stereocenters. The second-order valence-corrected chi connectivity index (χ2v) is 10.1. The van der Waals surface area contributed by atoms with Crippen LogP contribution in [0.2, 0.25) is 0 Å². The number of benzene rings is 1. The van der Waals surface area contributed by atoms with Crippen molar-refractivity contribution in [3.05, 3.63) is 34.3 Å². The summed E-state index contributed by atoms with van der Waals surface area (Å²) in [5.74, 6) is 0.251. The Morgan fingerprint density at radius 1 is 1.21 bits per heavy atom. The molecule has 1 aromatic carbocycles. The van der Waals surface area contributed by atoms with Crippen LogP contribution in [0, 0.1) is 0 Å². The Kier molecular flexibility index (Phi) is 7.81. The van der Waals surface area contributed by atoms with Gasteiger partial charge in [0, 0.05) is 17.1 Å². The predicted octanol–water partition coefficient (Wildman–Crippen LogP) is 3.75. The van der Waals surface area contributed by atoms with E-state index in [9.17, 15) is 9.59 Å². The van der Waals surface area contributed by atoms with E-state index < -0.39 is 0 Å². The van der Waals surface area contributed by atoms with Gasteiger partial charge in [-0.15, -0.1) is 15.3 Å². The van der Waals surface area contributed by atoms with Crippen molar-refractivity contribution in [3.63, 3.8) is 0 Å². The minimum Gasteiger partial charge on any atom is -0.303 e. The Hall–Kier alpha value is -1.76. The Morgan fingerprint density at radius 2 is 1.97 bits per heavy atom. The number of aromatic nitrogens is 2. The predicted molar refractivity (Wildman–Crippen MR) is 123 cm³/mol. The van der Waals surface area contributed by atoms with Gasteiger partial charge >= 0.3 is 0 Å². The Morgan fingerprint density at radius 3 is 2.59 bits per heavy atom. The van der Waals surface area contributed by atoms with E-state index >= 15 is 0 Å². The lowest BCUT2D eigenvalue weighted by atomic mass is 10.1. The van der Waals surface area contributed by atoms with Crippen LogP contribution in [-0.4, -0.2) is 43.9 Å². The van der Waals surface area contributed by atoms with Crippen molar-refractivity contribution in [2.24, 2.45) is 10.2 Å². The number of carbonyl (C=O) groups excluding carboxylic acids is 2. The molecule has 2 heterocycles. The number of carbonyl (C=O) groups is 2. The maximum Gasteiger partial charge on any atom is 0.239 e.